The molecule has 2 heterocycles. The number of rotatable bonds is 3. The number of carbonyl (C=O) groups excluding carboxylic acids is 2. The fourth-order valence-electron chi connectivity index (χ4n) is 2.47. The summed E-state index contributed by atoms with van der Waals surface area (Å²) in [7, 11) is 0. The highest BCUT2D eigenvalue weighted by atomic mass is 35.5. The highest BCUT2D eigenvalue weighted by Gasteiger charge is 2.24. The Kier molecular flexibility index (Phi) is 5.08. The number of amides is 2. The highest BCUT2D eigenvalue weighted by molar-refractivity contribution is 6.42. The second-order valence-electron chi connectivity index (χ2n) is 5.38. The average Bonchev–Trinajstić information content (AvgIpc) is 3.12. The van der Waals surface area contributed by atoms with Crippen LogP contribution in [0.4, 0.5) is 0 Å². The number of nitrogens with zero attached hydrogens (tertiary/aromatic N) is 2. The number of imide groups is 1. The van der Waals surface area contributed by atoms with E-state index in [0.717, 1.165) is 19.4 Å². The maximum atomic E-state index is 12.2. The number of hydrogen-bond donors (Lipinski definition) is 2. The molecule has 0 radical (unpaired) electrons. The lowest BCUT2D eigenvalue weighted by atomic mass is 10.1. The molecule has 24 heavy (non-hydrogen) atoms. The van der Waals surface area contributed by atoms with Crippen molar-refractivity contribution in [2.24, 2.45) is 0 Å². The van der Waals surface area contributed by atoms with Crippen LogP contribution in [0.25, 0.3) is 11.3 Å². The monoisotopic (exact) mass is 364 g/mol. The minimum Gasteiger partial charge on any atom is -0.306 e. The lowest BCUT2D eigenvalue weighted by Crippen LogP contribution is -2.43. The van der Waals surface area contributed by atoms with Crippen LogP contribution >= 0.6 is 23.2 Å². The van der Waals surface area contributed by atoms with Crippen LogP contribution in [-0.2, 0) is 4.79 Å². The fraction of sp³-hybridized carbons (Fsp3) is 0.250. The molecule has 124 valence electrons. The summed E-state index contributed by atoms with van der Waals surface area (Å²) in [6.07, 6.45) is 2.91. The third kappa shape index (κ3) is 3.72. The van der Waals surface area contributed by atoms with Gasteiger partial charge in [0.15, 0.2) is 0 Å². The minimum absolute atomic E-state index is 0.109. The van der Waals surface area contributed by atoms with Crippen molar-refractivity contribution in [3.05, 3.63) is 46.3 Å². The van der Waals surface area contributed by atoms with Crippen molar-refractivity contribution in [2.45, 2.75) is 18.9 Å². The Balaban J connectivity index is 1.78. The molecule has 2 aromatic rings. The van der Waals surface area contributed by atoms with Crippen LogP contribution in [0.2, 0.25) is 10.0 Å². The summed E-state index contributed by atoms with van der Waals surface area (Å²) < 4.78 is 0. The Hall–Kier alpha value is -2.02. The van der Waals surface area contributed by atoms with Crippen LogP contribution in [-0.4, -0.2) is 34.4 Å². The van der Waals surface area contributed by atoms with Crippen LogP contribution in [0.3, 0.4) is 0 Å². The largest absolute Gasteiger partial charge is 0.306 e. The number of nitrogens with one attached hydrogen (secondary N) is 2. The molecular weight excluding hydrogens is 351 g/mol. The molecule has 1 aromatic heterocycles. The summed E-state index contributed by atoms with van der Waals surface area (Å²) in [6, 6.07) is 6.22. The SMILES string of the molecule is O=C(NC(=O)[C@@H]1CCCN1)c1cc(-c2ccc(Cl)c(Cl)c2)ncn1. The van der Waals surface area contributed by atoms with Gasteiger partial charge in [0, 0.05) is 5.56 Å². The highest BCUT2D eigenvalue weighted by Crippen LogP contribution is 2.27. The third-order valence-electron chi connectivity index (χ3n) is 3.73. The van der Waals surface area contributed by atoms with Gasteiger partial charge in [-0.3, -0.25) is 14.9 Å². The van der Waals surface area contributed by atoms with Gasteiger partial charge in [0.1, 0.15) is 12.0 Å². The van der Waals surface area contributed by atoms with Crippen molar-refractivity contribution >= 4 is 35.0 Å². The van der Waals surface area contributed by atoms with Crippen molar-refractivity contribution in [3.63, 3.8) is 0 Å². The van der Waals surface area contributed by atoms with E-state index in [4.69, 9.17) is 23.2 Å². The van der Waals surface area contributed by atoms with Gasteiger partial charge in [-0.05, 0) is 37.6 Å². The second-order valence-corrected chi connectivity index (χ2v) is 6.20. The maximum absolute atomic E-state index is 12.2. The second kappa shape index (κ2) is 7.25. The first-order valence-corrected chi connectivity index (χ1v) is 8.16. The smallest absolute Gasteiger partial charge is 0.276 e. The van der Waals surface area contributed by atoms with E-state index in [-0.39, 0.29) is 17.6 Å². The number of halogens is 2. The van der Waals surface area contributed by atoms with Gasteiger partial charge < -0.3 is 5.32 Å². The lowest BCUT2D eigenvalue weighted by molar-refractivity contribution is -0.121. The van der Waals surface area contributed by atoms with Gasteiger partial charge in [-0.2, -0.15) is 0 Å². The molecule has 6 nitrogen and oxygen atoms in total. The molecular formula is C16H14Cl2N4O2. The standard InChI is InChI=1S/C16H14Cl2N4O2/c17-10-4-3-9(6-11(10)18)13-7-14(21-8-20-13)16(24)22-15(23)12-2-1-5-19-12/h3-4,6-8,12,19H,1-2,5H2,(H,22,23,24)/t12-/m0/s1. The molecule has 1 atom stereocenters. The van der Waals surface area contributed by atoms with Crippen molar-refractivity contribution in [3.8, 4) is 11.3 Å². The molecule has 3 rings (SSSR count). The van der Waals surface area contributed by atoms with Gasteiger partial charge in [-0.15, -0.1) is 0 Å². The zero-order valence-corrected chi connectivity index (χ0v) is 14.1. The summed E-state index contributed by atoms with van der Waals surface area (Å²) in [5.41, 5.74) is 1.32. The van der Waals surface area contributed by atoms with E-state index in [2.05, 4.69) is 20.6 Å². The van der Waals surface area contributed by atoms with E-state index in [1.807, 2.05) is 0 Å². The average molecular weight is 365 g/mol. The van der Waals surface area contributed by atoms with Gasteiger partial charge in [-0.1, -0.05) is 29.3 Å². The normalized spacial score (nSPS) is 16.8. The fourth-order valence-corrected chi connectivity index (χ4v) is 2.76. The number of aromatic nitrogens is 2. The molecule has 2 amide bonds. The summed E-state index contributed by atoms with van der Waals surface area (Å²) >= 11 is 11.9. The number of hydrogen-bond acceptors (Lipinski definition) is 5. The van der Waals surface area contributed by atoms with Gasteiger partial charge in [0.2, 0.25) is 5.91 Å². The molecule has 1 saturated heterocycles. The van der Waals surface area contributed by atoms with E-state index in [1.54, 1.807) is 18.2 Å². The first kappa shape index (κ1) is 16.8. The van der Waals surface area contributed by atoms with Crippen LogP contribution in [0.5, 0.6) is 0 Å². The molecule has 1 aromatic carbocycles. The third-order valence-corrected chi connectivity index (χ3v) is 4.47. The van der Waals surface area contributed by atoms with E-state index in [1.165, 1.54) is 12.4 Å². The number of benzene rings is 1. The van der Waals surface area contributed by atoms with Gasteiger partial charge >= 0.3 is 0 Å². The van der Waals surface area contributed by atoms with Gasteiger partial charge in [-0.25, -0.2) is 9.97 Å². The first-order chi connectivity index (χ1) is 11.5. The van der Waals surface area contributed by atoms with E-state index in [0.29, 0.717) is 21.3 Å². The molecule has 1 aliphatic rings. The molecule has 0 spiro atoms. The summed E-state index contributed by atoms with van der Waals surface area (Å²) in [5.74, 6) is -0.899. The Morgan fingerprint density at radius 1 is 1.17 bits per heavy atom. The lowest BCUT2D eigenvalue weighted by Gasteiger charge is -2.10. The molecule has 8 heteroatoms. The quantitative estimate of drug-likeness (QED) is 0.817. The predicted molar refractivity (Wildman–Crippen MR) is 91.0 cm³/mol. The molecule has 0 saturated carbocycles. The van der Waals surface area contributed by atoms with Gasteiger partial charge in [0.05, 0.1) is 21.8 Å². The van der Waals surface area contributed by atoms with E-state index in [9.17, 15) is 9.59 Å². The van der Waals surface area contributed by atoms with Crippen molar-refractivity contribution < 1.29 is 9.59 Å². The number of carbonyl (C=O) groups is 2. The Bertz CT molecular complexity index is 791. The predicted octanol–water partition coefficient (Wildman–Crippen LogP) is 2.46. The first-order valence-electron chi connectivity index (χ1n) is 7.40. The minimum atomic E-state index is -0.558. The summed E-state index contributed by atoms with van der Waals surface area (Å²) in [6.45, 7) is 0.779. The Morgan fingerprint density at radius 3 is 2.71 bits per heavy atom. The zero-order valence-electron chi connectivity index (χ0n) is 12.6. The van der Waals surface area contributed by atoms with Crippen LogP contribution in [0, 0.1) is 0 Å². The Morgan fingerprint density at radius 2 is 2.00 bits per heavy atom. The molecule has 1 fully saturated rings. The van der Waals surface area contributed by atoms with E-state index >= 15 is 0 Å². The molecule has 0 unspecified atom stereocenters. The van der Waals surface area contributed by atoms with Crippen LogP contribution in [0.15, 0.2) is 30.6 Å². The van der Waals surface area contributed by atoms with Gasteiger partial charge in [0.25, 0.3) is 5.91 Å². The molecule has 1 aliphatic heterocycles. The molecule has 2 N–H and O–H groups in total. The van der Waals surface area contributed by atoms with Crippen LogP contribution in [0.1, 0.15) is 23.3 Å². The van der Waals surface area contributed by atoms with Crippen molar-refractivity contribution in [1.29, 1.82) is 0 Å². The van der Waals surface area contributed by atoms with E-state index < -0.39 is 5.91 Å². The van der Waals surface area contributed by atoms with Crippen molar-refractivity contribution in [2.75, 3.05) is 6.54 Å². The zero-order chi connectivity index (χ0) is 17.1. The van der Waals surface area contributed by atoms with Crippen molar-refractivity contribution in [1.82, 2.24) is 20.6 Å². The topological polar surface area (TPSA) is 84.0 Å². The molecule has 0 bridgehead atoms. The van der Waals surface area contributed by atoms with Crippen LogP contribution < -0.4 is 10.6 Å². The maximum Gasteiger partial charge on any atom is 0.276 e. The summed E-state index contributed by atoms with van der Waals surface area (Å²) in [4.78, 5) is 32.3. The molecule has 0 aliphatic carbocycles. The Labute approximate surface area is 148 Å². The summed E-state index contributed by atoms with van der Waals surface area (Å²) in [5, 5.41) is 6.22.